The fourth-order valence-electron chi connectivity index (χ4n) is 2.20. The topological polar surface area (TPSA) is 32.5 Å². The molecule has 0 aliphatic carbocycles. The Kier molecular flexibility index (Phi) is 6.22. The molecule has 0 spiro atoms. The molecular formula is C15H21F4N3. The van der Waals surface area contributed by atoms with Gasteiger partial charge >= 0.3 is 6.18 Å². The summed E-state index contributed by atoms with van der Waals surface area (Å²) >= 11 is 0. The van der Waals surface area contributed by atoms with Gasteiger partial charge in [-0.3, -0.25) is 4.90 Å². The molecule has 1 saturated heterocycles. The molecule has 22 heavy (non-hydrogen) atoms. The van der Waals surface area contributed by atoms with Crippen molar-refractivity contribution in [3.63, 3.8) is 0 Å². The van der Waals surface area contributed by atoms with Gasteiger partial charge in [-0.1, -0.05) is 18.7 Å². The fraction of sp³-hybridized carbons (Fsp3) is 0.467. The van der Waals surface area contributed by atoms with Gasteiger partial charge in [0.1, 0.15) is 12.4 Å². The summed E-state index contributed by atoms with van der Waals surface area (Å²) in [4.78, 5) is 3.12. The van der Waals surface area contributed by atoms with Crippen LogP contribution in [-0.2, 0) is 0 Å². The fourth-order valence-corrected chi connectivity index (χ4v) is 2.20. The van der Waals surface area contributed by atoms with Crippen molar-refractivity contribution >= 4 is 0 Å². The smallest absolute Gasteiger partial charge is 0.397 e. The van der Waals surface area contributed by atoms with E-state index in [1.807, 2.05) is 11.9 Å². The Morgan fingerprint density at radius 2 is 1.95 bits per heavy atom. The van der Waals surface area contributed by atoms with Crippen LogP contribution in [0.25, 0.3) is 0 Å². The molecule has 1 rings (SSSR count). The summed E-state index contributed by atoms with van der Waals surface area (Å²) in [5.74, 6) is -0.648. The van der Waals surface area contributed by atoms with Gasteiger partial charge < -0.3 is 10.6 Å². The van der Waals surface area contributed by atoms with Gasteiger partial charge in [-0.15, -0.1) is 0 Å². The van der Waals surface area contributed by atoms with Crippen molar-refractivity contribution < 1.29 is 17.6 Å². The van der Waals surface area contributed by atoms with E-state index in [1.165, 1.54) is 11.0 Å². The van der Waals surface area contributed by atoms with E-state index in [2.05, 4.69) is 6.58 Å². The molecule has 1 heterocycles. The molecular weight excluding hydrogens is 298 g/mol. The Bertz CT molecular complexity index is 503. The van der Waals surface area contributed by atoms with Crippen molar-refractivity contribution in [3.8, 4) is 0 Å². The first-order chi connectivity index (χ1) is 10.1. The van der Waals surface area contributed by atoms with E-state index >= 15 is 0 Å². The second-order valence-electron chi connectivity index (χ2n) is 5.16. The highest BCUT2D eigenvalue weighted by atomic mass is 19.4. The molecule has 0 radical (unpaired) electrons. The standard InChI is InChI=1S/C15H21F4N3/c1-4-12(6-5-11(2)16)14(20)13-9-21(3)7-8-22(13)10-15(17,18)19/h4-6H,2,7-10,20H2,1,3H3/b6-5-,12-4?,14-13-. The lowest BCUT2D eigenvalue weighted by Crippen LogP contribution is -2.47. The van der Waals surface area contributed by atoms with Crippen LogP contribution in [0, 0.1) is 0 Å². The predicted octanol–water partition coefficient (Wildman–Crippen LogP) is 2.95. The quantitative estimate of drug-likeness (QED) is 0.639. The minimum absolute atomic E-state index is 0.218. The van der Waals surface area contributed by atoms with Crippen LogP contribution in [0.1, 0.15) is 6.92 Å². The van der Waals surface area contributed by atoms with Gasteiger partial charge in [-0.25, -0.2) is 4.39 Å². The van der Waals surface area contributed by atoms with Gasteiger partial charge in [0.25, 0.3) is 0 Å². The maximum absolute atomic E-state index is 12.7. The number of hydrogen-bond acceptors (Lipinski definition) is 3. The molecule has 0 unspecified atom stereocenters. The second kappa shape index (κ2) is 7.49. The van der Waals surface area contributed by atoms with Crippen molar-refractivity contribution in [3.05, 3.63) is 47.6 Å². The van der Waals surface area contributed by atoms with E-state index < -0.39 is 18.5 Å². The first-order valence-electron chi connectivity index (χ1n) is 6.82. The molecule has 7 heteroatoms. The Hall–Kier alpha value is -1.76. The van der Waals surface area contributed by atoms with Crippen LogP contribution in [0.3, 0.4) is 0 Å². The lowest BCUT2D eigenvalue weighted by atomic mass is 10.1. The van der Waals surface area contributed by atoms with Crippen LogP contribution in [0.15, 0.2) is 47.6 Å². The van der Waals surface area contributed by atoms with Gasteiger partial charge in [0, 0.05) is 19.6 Å². The van der Waals surface area contributed by atoms with Crippen molar-refractivity contribution in [2.45, 2.75) is 13.1 Å². The average molecular weight is 319 g/mol. The largest absolute Gasteiger partial charge is 0.405 e. The summed E-state index contributed by atoms with van der Waals surface area (Å²) in [5, 5.41) is 0. The first kappa shape index (κ1) is 18.3. The minimum atomic E-state index is -4.30. The lowest BCUT2D eigenvalue weighted by molar-refractivity contribution is -0.144. The molecule has 0 aromatic heterocycles. The molecule has 2 N–H and O–H groups in total. The zero-order valence-electron chi connectivity index (χ0n) is 12.8. The second-order valence-corrected chi connectivity index (χ2v) is 5.16. The zero-order valence-corrected chi connectivity index (χ0v) is 12.8. The number of likely N-dealkylation sites (N-methyl/N-ethyl adjacent to an activating group) is 1. The van der Waals surface area contributed by atoms with E-state index in [9.17, 15) is 17.6 Å². The number of allylic oxidation sites excluding steroid dienone is 4. The van der Waals surface area contributed by atoms with Gasteiger partial charge in [0.05, 0.1) is 11.4 Å². The number of alkyl halides is 3. The van der Waals surface area contributed by atoms with Crippen LogP contribution >= 0.6 is 0 Å². The lowest BCUT2D eigenvalue weighted by Gasteiger charge is -2.38. The molecule has 0 atom stereocenters. The molecule has 0 aromatic carbocycles. The first-order valence-corrected chi connectivity index (χ1v) is 6.82. The monoisotopic (exact) mass is 319 g/mol. The van der Waals surface area contributed by atoms with Crippen molar-refractivity contribution in [2.24, 2.45) is 5.73 Å². The molecule has 0 saturated carbocycles. The molecule has 124 valence electrons. The van der Waals surface area contributed by atoms with E-state index in [1.54, 1.807) is 13.0 Å². The van der Waals surface area contributed by atoms with Crippen LogP contribution in [0.2, 0.25) is 0 Å². The zero-order chi connectivity index (χ0) is 16.9. The highest BCUT2D eigenvalue weighted by Gasteiger charge is 2.34. The third-order valence-corrected chi connectivity index (χ3v) is 3.30. The summed E-state index contributed by atoms with van der Waals surface area (Å²) in [7, 11) is 1.81. The summed E-state index contributed by atoms with van der Waals surface area (Å²) in [6, 6.07) is 0. The van der Waals surface area contributed by atoms with Crippen molar-refractivity contribution in [1.82, 2.24) is 9.80 Å². The molecule has 1 fully saturated rings. The predicted molar refractivity (Wildman–Crippen MR) is 79.5 cm³/mol. The maximum atomic E-state index is 12.7. The molecule has 0 amide bonds. The Balaban J connectivity index is 3.13. The van der Waals surface area contributed by atoms with Crippen LogP contribution < -0.4 is 5.73 Å². The summed E-state index contributed by atoms with van der Waals surface area (Å²) in [6.07, 6.45) is -0.142. The van der Waals surface area contributed by atoms with Crippen LogP contribution in [-0.4, -0.2) is 49.2 Å². The van der Waals surface area contributed by atoms with Crippen LogP contribution in [0.4, 0.5) is 17.6 Å². The van der Waals surface area contributed by atoms with E-state index in [0.29, 0.717) is 24.4 Å². The maximum Gasteiger partial charge on any atom is 0.405 e. The SMILES string of the molecule is C=C(F)/C=C\C(=CC)/C(N)=C1\CN(C)CCN1CC(F)(F)F. The number of halogens is 4. The number of piperazine rings is 1. The highest BCUT2D eigenvalue weighted by Crippen LogP contribution is 2.25. The Labute approximate surface area is 128 Å². The van der Waals surface area contributed by atoms with Gasteiger partial charge in [-0.05, 0) is 25.6 Å². The van der Waals surface area contributed by atoms with Crippen LogP contribution in [0.5, 0.6) is 0 Å². The number of hydrogen-bond donors (Lipinski definition) is 1. The molecule has 3 nitrogen and oxygen atoms in total. The van der Waals surface area contributed by atoms with Gasteiger partial charge in [0.2, 0.25) is 0 Å². The van der Waals surface area contributed by atoms with E-state index in [0.717, 1.165) is 6.08 Å². The summed E-state index contributed by atoms with van der Waals surface area (Å²) in [6.45, 7) is 4.82. The molecule has 0 bridgehead atoms. The number of rotatable bonds is 4. The number of nitrogens with zero attached hydrogens (tertiary/aromatic N) is 2. The molecule has 1 aliphatic rings. The third kappa shape index (κ3) is 5.55. The van der Waals surface area contributed by atoms with E-state index in [-0.39, 0.29) is 12.2 Å². The number of nitrogens with two attached hydrogens (primary N) is 1. The summed E-state index contributed by atoms with van der Waals surface area (Å²) in [5.41, 5.74) is 7.12. The Morgan fingerprint density at radius 1 is 1.32 bits per heavy atom. The van der Waals surface area contributed by atoms with Crippen molar-refractivity contribution in [1.29, 1.82) is 0 Å². The summed E-state index contributed by atoms with van der Waals surface area (Å²) < 4.78 is 50.8. The van der Waals surface area contributed by atoms with Gasteiger partial charge in [-0.2, -0.15) is 13.2 Å². The average Bonchev–Trinajstić information content (AvgIpc) is 2.39. The van der Waals surface area contributed by atoms with Gasteiger partial charge in [0.15, 0.2) is 0 Å². The Morgan fingerprint density at radius 3 is 2.45 bits per heavy atom. The normalized spacial score (nSPS) is 20.6. The molecule has 1 aliphatic heterocycles. The van der Waals surface area contributed by atoms with E-state index in [4.69, 9.17) is 5.73 Å². The highest BCUT2D eigenvalue weighted by molar-refractivity contribution is 5.42. The molecule has 0 aromatic rings. The van der Waals surface area contributed by atoms with Crippen molar-refractivity contribution in [2.75, 3.05) is 33.2 Å². The minimum Gasteiger partial charge on any atom is -0.397 e. The third-order valence-electron chi connectivity index (χ3n) is 3.30.